The number of alkyl halides is 3. The number of benzene rings is 2. The van der Waals surface area contributed by atoms with Crippen LogP contribution in [-0.2, 0) is 12.7 Å². The van der Waals surface area contributed by atoms with Crippen molar-refractivity contribution in [3.8, 4) is 0 Å². The zero-order chi connectivity index (χ0) is 28.2. The number of nitrogens with zero attached hydrogens (tertiary/aromatic N) is 2. The number of carbonyl (C=O) groups excluding carboxylic acids is 2. The molecule has 0 bridgehead atoms. The van der Waals surface area contributed by atoms with Crippen LogP contribution in [0.5, 0.6) is 0 Å². The van der Waals surface area contributed by atoms with Crippen molar-refractivity contribution in [2.45, 2.75) is 38.6 Å². The van der Waals surface area contributed by atoms with Gasteiger partial charge in [-0.25, -0.2) is 5.43 Å². The number of nitrogens with one attached hydrogen (secondary N) is 2. The second-order valence-corrected chi connectivity index (χ2v) is 10.5. The van der Waals surface area contributed by atoms with Crippen LogP contribution in [0.4, 0.5) is 18.2 Å². The summed E-state index contributed by atoms with van der Waals surface area (Å²) in [5.74, 6) is -1.00. The molecule has 0 unspecified atom stereocenters. The molecule has 1 aromatic heterocycles. The monoisotopic (exact) mass is 578 g/mol. The molecule has 4 rings (SSSR count). The van der Waals surface area contributed by atoms with Crippen molar-refractivity contribution in [1.29, 1.82) is 0 Å². The van der Waals surface area contributed by atoms with E-state index < -0.39 is 22.7 Å². The van der Waals surface area contributed by atoms with E-state index in [0.717, 1.165) is 49.8 Å². The Morgan fingerprint density at radius 2 is 1.92 bits per heavy atom. The first-order valence-corrected chi connectivity index (χ1v) is 13.4. The highest BCUT2D eigenvalue weighted by atomic mass is 35.5. The summed E-state index contributed by atoms with van der Waals surface area (Å²) in [6.07, 6.45) is -2.36. The Hall–Kier alpha value is -3.25. The lowest BCUT2D eigenvalue weighted by Crippen LogP contribution is -2.35. The lowest BCUT2D eigenvalue weighted by Gasteiger charge is -2.29. The third-order valence-corrected chi connectivity index (χ3v) is 7.60. The van der Waals surface area contributed by atoms with Gasteiger partial charge in [0.05, 0.1) is 28.5 Å². The van der Waals surface area contributed by atoms with Crippen molar-refractivity contribution < 1.29 is 27.9 Å². The summed E-state index contributed by atoms with van der Waals surface area (Å²) in [5, 5.41) is 17.9. The third-order valence-electron chi connectivity index (χ3n) is 6.26. The molecular formula is C27H26ClF3N4O3S. The smallest absolute Gasteiger partial charge is 0.393 e. The minimum absolute atomic E-state index is 0.100. The van der Waals surface area contributed by atoms with Crippen LogP contribution in [0.25, 0.3) is 0 Å². The van der Waals surface area contributed by atoms with Crippen LogP contribution < -0.4 is 10.7 Å². The highest BCUT2D eigenvalue weighted by molar-refractivity contribution is 7.15. The molecule has 2 aromatic carbocycles. The van der Waals surface area contributed by atoms with Gasteiger partial charge in [-0.3, -0.25) is 14.5 Å². The fourth-order valence-electron chi connectivity index (χ4n) is 4.20. The first kappa shape index (κ1) is 28.8. The van der Waals surface area contributed by atoms with Crippen molar-refractivity contribution in [2.75, 3.05) is 18.4 Å². The second-order valence-electron chi connectivity index (χ2n) is 9.22. The number of aliphatic hydroxyl groups is 1. The van der Waals surface area contributed by atoms with Gasteiger partial charge >= 0.3 is 6.18 Å². The molecule has 3 aromatic rings. The van der Waals surface area contributed by atoms with Gasteiger partial charge in [-0.1, -0.05) is 29.8 Å². The molecule has 1 aliphatic rings. The summed E-state index contributed by atoms with van der Waals surface area (Å²) in [6.45, 7) is 3.94. The number of piperidine rings is 1. The Bertz CT molecular complexity index is 1380. The molecule has 206 valence electrons. The lowest BCUT2D eigenvalue weighted by atomic mass is 10.1. The summed E-state index contributed by atoms with van der Waals surface area (Å²) in [6, 6.07) is 10.5. The van der Waals surface area contributed by atoms with Crippen molar-refractivity contribution in [1.82, 2.24) is 10.3 Å². The van der Waals surface area contributed by atoms with E-state index >= 15 is 0 Å². The van der Waals surface area contributed by atoms with Crippen LogP contribution in [-0.4, -0.2) is 47.2 Å². The van der Waals surface area contributed by atoms with Gasteiger partial charge in [-0.15, -0.1) is 11.3 Å². The Morgan fingerprint density at radius 3 is 2.64 bits per heavy atom. The average Bonchev–Trinajstić information content (AvgIpc) is 3.25. The zero-order valence-electron chi connectivity index (χ0n) is 20.9. The summed E-state index contributed by atoms with van der Waals surface area (Å²) in [7, 11) is 0. The molecule has 2 amide bonds. The normalized spacial score (nSPS) is 15.0. The van der Waals surface area contributed by atoms with E-state index in [9.17, 15) is 27.9 Å². The molecule has 1 saturated heterocycles. The molecule has 0 aliphatic carbocycles. The molecule has 39 heavy (non-hydrogen) atoms. The van der Waals surface area contributed by atoms with E-state index in [1.165, 1.54) is 17.4 Å². The predicted molar refractivity (Wildman–Crippen MR) is 145 cm³/mol. The van der Waals surface area contributed by atoms with Gasteiger partial charge in [0.2, 0.25) is 0 Å². The highest BCUT2D eigenvalue weighted by Gasteiger charge is 2.33. The first-order chi connectivity index (χ1) is 18.5. The van der Waals surface area contributed by atoms with Gasteiger partial charge in [-0.2, -0.15) is 18.3 Å². The maximum Gasteiger partial charge on any atom is 0.417 e. The topological polar surface area (TPSA) is 94.0 Å². The Kier molecular flexibility index (Phi) is 9.06. The highest BCUT2D eigenvalue weighted by Crippen LogP contribution is 2.35. The summed E-state index contributed by atoms with van der Waals surface area (Å²) in [5.41, 5.74) is 3.62. The van der Waals surface area contributed by atoms with Gasteiger partial charge in [0.25, 0.3) is 11.8 Å². The Balaban J connectivity index is 1.41. The van der Waals surface area contributed by atoms with Crippen LogP contribution >= 0.6 is 22.9 Å². The molecule has 3 N–H and O–H groups in total. The number of anilines is 1. The van der Waals surface area contributed by atoms with E-state index in [-0.39, 0.29) is 23.1 Å². The number of carbonyl (C=O) groups is 2. The number of amides is 2. The minimum atomic E-state index is -4.62. The molecule has 0 saturated carbocycles. The second kappa shape index (κ2) is 12.3. The van der Waals surface area contributed by atoms with Gasteiger partial charge < -0.3 is 10.4 Å². The van der Waals surface area contributed by atoms with E-state index in [1.807, 2.05) is 6.07 Å². The van der Waals surface area contributed by atoms with Crippen LogP contribution in [0.15, 0.2) is 52.9 Å². The summed E-state index contributed by atoms with van der Waals surface area (Å²) in [4.78, 5) is 28.1. The van der Waals surface area contributed by atoms with Crippen LogP contribution in [0.3, 0.4) is 0 Å². The number of hydrogen-bond donors (Lipinski definition) is 3. The van der Waals surface area contributed by atoms with Crippen molar-refractivity contribution in [3.05, 3.63) is 86.2 Å². The van der Waals surface area contributed by atoms with Crippen molar-refractivity contribution in [2.24, 2.45) is 5.10 Å². The number of hydrazone groups is 1. The van der Waals surface area contributed by atoms with Crippen LogP contribution in [0.1, 0.15) is 55.8 Å². The van der Waals surface area contributed by atoms with Crippen molar-refractivity contribution >= 4 is 46.0 Å². The van der Waals surface area contributed by atoms with Gasteiger partial charge in [-0.05, 0) is 66.1 Å². The van der Waals surface area contributed by atoms with Gasteiger partial charge in [0, 0.05) is 25.2 Å². The van der Waals surface area contributed by atoms with E-state index in [1.54, 1.807) is 30.5 Å². The van der Waals surface area contributed by atoms with Crippen LogP contribution in [0.2, 0.25) is 5.02 Å². The number of halogens is 4. The average molecular weight is 579 g/mol. The molecular weight excluding hydrogens is 553 g/mol. The SMILES string of the molecule is Cc1csc(NC(=O)c2cccc(CN3CCC(O)CC3)c2)c1C(=O)N/N=C/c1ccc(Cl)c(C(F)(F)F)c1. The quantitative estimate of drug-likeness (QED) is 0.248. The number of thiophene rings is 1. The molecule has 2 heterocycles. The van der Waals surface area contributed by atoms with Crippen molar-refractivity contribution in [3.63, 3.8) is 0 Å². The van der Waals surface area contributed by atoms with Gasteiger partial charge in [0.1, 0.15) is 5.00 Å². The number of rotatable bonds is 7. The van der Waals surface area contributed by atoms with Gasteiger partial charge in [0.15, 0.2) is 0 Å². The van der Waals surface area contributed by atoms with Crippen LogP contribution in [0, 0.1) is 6.92 Å². The van der Waals surface area contributed by atoms with E-state index in [0.29, 0.717) is 22.7 Å². The number of aliphatic hydroxyl groups excluding tert-OH is 1. The Morgan fingerprint density at radius 1 is 1.18 bits per heavy atom. The predicted octanol–water partition coefficient (Wildman–Crippen LogP) is 5.70. The Labute approximate surface area is 232 Å². The van der Waals surface area contributed by atoms with E-state index in [4.69, 9.17) is 11.6 Å². The molecule has 12 heteroatoms. The maximum atomic E-state index is 13.1. The number of aryl methyl sites for hydroxylation is 1. The molecule has 7 nitrogen and oxygen atoms in total. The number of hydrogen-bond acceptors (Lipinski definition) is 6. The number of likely N-dealkylation sites (tertiary alicyclic amines) is 1. The summed E-state index contributed by atoms with van der Waals surface area (Å²) >= 11 is 6.81. The molecule has 1 aliphatic heterocycles. The minimum Gasteiger partial charge on any atom is -0.393 e. The first-order valence-electron chi connectivity index (χ1n) is 12.1. The maximum absolute atomic E-state index is 13.1. The fourth-order valence-corrected chi connectivity index (χ4v) is 5.36. The molecule has 0 atom stereocenters. The lowest BCUT2D eigenvalue weighted by molar-refractivity contribution is -0.137. The molecule has 1 fully saturated rings. The summed E-state index contributed by atoms with van der Waals surface area (Å²) < 4.78 is 39.2. The molecule has 0 spiro atoms. The zero-order valence-corrected chi connectivity index (χ0v) is 22.5. The molecule has 0 radical (unpaired) electrons. The fraction of sp³-hybridized carbons (Fsp3) is 0.296. The largest absolute Gasteiger partial charge is 0.417 e. The van der Waals surface area contributed by atoms with E-state index in [2.05, 4.69) is 20.7 Å². The standard InChI is InChI=1S/C27H26ClF3N4O3S/c1-16-15-39-26(23(16)25(38)34-32-13-17-5-6-22(28)21(12-17)27(29,30)31)33-24(37)19-4-2-3-18(11-19)14-35-9-7-20(36)8-10-35/h2-6,11-13,15,20,36H,7-10,14H2,1H3,(H,33,37)(H,34,38)/b32-13+. The third kappa shape index (κ3) is 7.45.